The summed E-state index contributed by atoms with van der Waals surface area (Å²) < 4.78 is 22.4. The van der Waals surface area contributed by atoms with Crippen molar-refractivity contribution in [2.75, 3.05) is 0 Å². The molecule has 11 heteroatoms. The van der Waals surface area contributed by atoms with Crippen LogP contribution in [0.3, 0.4) is 0 Å². The summed E-state index contributed by atoms with van der Waals surface area (Å²) in [5, 5.41) is 0. The van der Waals surface area contributed by atoms with Gasteiger partial charge in [-0.1, -0.05) is 237 Å². The Morgan fingerprint density at radius 1 is 0.221 bits per heavy atom. The van der Waals surface area contributed by atoms with Gasteiger partial charge in [0.2, 0.25) is 0 Å². The topological polar surface area (TPSA) is 92.1 Å². The van der Waals surface area contributed by atoms with E-state index in [4.69, 9.17) is 34.2 Å². The fourth-order valence-electron chi connectivity index (χ4n) is 12.4. The molecule has 0 aliphatic carbocycles. The second-order valence-electron chi connectivity index (χ2n) is 22.7. The maximum absolute atomic E-state index is 5.67. The molecule has 0 N–H and O–H groups in total. The summed E-state index contributed by atoms with van der Waals surface area (Å²) in [4.78, 5) is 30.9. The van der Waals surface area contributed by atoms with E-state index in [2.05, 4.69) is 305 Å². The smallest absolute Gasteiger partial charge is 0.164 e. The van der Waals surface area contributed by atoms with Gasteiger partial charge in [-0.3, -0.25) is 13.7 Å². The molecule has 9 nitrogen and oxygen atoms in total. The molecule has 1 atom stereocenters. The minimum atomic E-state index is 0. The summed E-state index contributed by atoms with van der Waals surface area (Å²) in [6, 6.07) is 119. The molecule has 0 fully saturated rings. The molecule has 0 aliphatic rings. The van der Waals surface area contributed by atoms with Gasteiger partial charge in [0.25, 0.3) is 0 Å². The zero-order chi connectivity index (χ0) is 65.9. The molecule has 4 aromatic heterocycles. The van der Waals surface area contributed by atoms with Gasteiger partial charge in [0.1, 0.15) is 17.5 Å². The number of hydrogen-bond donors (Lipinski definition) is 0. The van der Waals surface area contributed by atoms with Crippen molar-refractivity contribution < 1.29 is 4.40 Å². The van der Waals surface area contributed by atoms with Crippen LogP contribution in [0, 0.1) is 0 Å². The molecular weight excluding hydrogens is 1370 g/mol. The van der Waals surface area contributed by atoms with Crippen LogP contribution in [-0.4, -0.2) is 71.1 Å². The standard InChI is InChI=1S/C45H30N6.C39H27N3.Bi.H3P.2H2.2H/c1-4-16-34(17-5-1)49-40-25-13-10-22-37(40)46-43(49)31-28-32(44-47-38-23-11-14-26-41(38)50(44)35-18-6-2-7-19-35)30-33(29-31)45-48-39-24-12-15-27-42(39)51(45)36-20-8-3-9-21-36;1-4-13-28(14-5-1)31-19-10-22-34(25-31)37-40-38(35-23-11-20-32(26-35)29-15-6-2-7-16-29)42-39(41-37)36-24-12-21-33(27-36)30-17-8-3-9-18-30;;;;;;/h1-30H;1-27H;;1H3;2*1H;;/i;;;1T;1+2T;1+2;;. The van der Waals surface area contributed by atoms with Crippen molar-refractivity contribution in [3.8, 4) is 119 Å². The third-order valence-electron chi connectivity index (χ3n) is 16.8. The van der Waals surface area contributed by atoms with Crippen molar-refractivity contribution in [1.82, 2.24) is 43.6 Å². The van der Waals surface area contributed by atoms with Gasteiger partial charge >= 0.3 is 26.2 Å². The Kier molecular flexibility index (Phi) is 16.9. The number of benzene rings is 13. The van der Waals surface area contributed by atoms with Gasteiger partial charge in [0.05, 0.1) is 34.4 Å². The minimum Gasteiger partial charge on any atom is -0.292 e. The summed E-state index contributed by atoms with van der Waals surface area (Å²) in [6.45, 7) is 0. The van der Waals surface area contributed by atoms with Gasteiger partial charge < -0.3 is 0 Å². The van der Waals surface area contributed by atoms with E-state index in [1.54, 1.807) is 9.84 Å². The van der Waals surface area contributed by atoms with Gasteiger partial charge in [-0.15, -0.1) is 0 Å². The third kappa shape index (κ3) is 12.4. The second kappa shape index (κ2) is 27.4. The number of fused-ring (bicyclic) bond motifs is 3. The quantitative estimate of drug-likeness (QED) is 0.0894. The van der Waals surface area contributed by atoms with Crippen LogP contribution in [-0.2, 0) is 0 Å². The molecule has 95 heavy (non-hydrogen) atoms. The summed E-state index contributed by atoms with van der Waals surface area (Å²) in [6.07, 6.45) is 0. The first-order valence-corrected chi connectivity index (χ1v) is 31.1. The van der Waals surface area contributed by atoms with Crippen LogP contribution < -0.4 is 0 Å². The molecule has 17 rings (SSSR count). The van der Waals surface area contributed by atoms with E-state index in [-0.39, 0.29) is 27.6 Å². The van der Waals surface area contributed by atoms with Crippen LogP contribution in [0.5, 0.6) is 0 Å². The molecule has 0 aliphatic heterocycles. The second-order valence-corrected chi connectivity index (χ2v) is 22.7. The Morgan fingerprint density at radius 3 is 0.705 bits per heavy atom. The average Bonchev–Trinajstić information content (AvgIpc) is 1.57. The number of nitrogens with zero attached hydrogens (tertiary/aromatic N) is 9. The molecule has 17 aromatic rings. The van der Waals surface area contributed by atoms with Crippen molar-refractivity contribution >= 4 is 69.1 Å². The molecular formula is C84H66BiN9P. The van der Waals surface area contributed by atoms with Crippen LogP contribution in [0.15, 0.2) is 346 Å². The van der Waals surface area contributed by atoms with Gasteiger partial charge in [-0.25, -0.2) is 29.9 Å². The van der Waals surface area contributed by atoms with E-state index in [1.165, 1.54) is 0 Å². The van der Waals surface area contributed by atoms with Crippen LogP contribution in [0.4, 0.5) is 0 Å². The minimum absolute atomic E-state index is 0. The van der Waals surface area contributed by atoms with Gasteiger partial charge in [-0.05, 0) is 143 Å². The van der Waals surface area contributed by atoms with Crippen LogP contribution in [0.25, 0.3) is 152 Å². The number of para-hydroxylation sites is 9. The Morgan fingerprint density at radius 2 is 0.432 bits per heavy atom. The molecule has 1 unspecified atom stereocenters. The van der Waals surface area contributed by atoms with Gasteiger partial charge in [0.15, 0.2) is 17.5 Å². The molecule has 0 saturated heterocycles. The van der Waals surface area contributed by atoms with Crippen molar-refractivity contribution in [3.05, 3.63) is 346 Å². The fourth-order valence-corrected chi connectivity index (χ4v) is 12.4. The number of rotatable bonds is 12. The zero-order valence-corrected chi connectivity index (χ0v) is 57.2. The third-order valence-corrected chi connectivity index (χ3v) is 16.8. The van der Waals surface area contributed by atoms with Crippen molar-refractivity contribution in [2.45, 2.75) is 0 Å². The van der Waals surface area contributed by atoms with Gasteiger partial charge in [-0.2, -0.15) is 9.84 Å². The maximum Gasteiger partial charge on any atom is 0.164 e. The van der Waals surface area contributed by atoms with Gasteiger partial charge in [0, 0.05) is 54.8 Å². The first-order valence-electron chi connectivity index (χ1n) is 32.7. The van der Waals surface area contributed by atoms with Crippen molar-refractivity contribution in [2.24, 2.45) is 0 Å². The molecule has 13 aromatic carbocycles. The molecule has 0 bridgehead atoms. The van der Waals surface area contributed by atoms with E-state index < -0.39 is 0 Å². The number of aromatic nitrogens is 9. The van der Waals surface area contributed by atoms with E-state index in [1.807, 2.05) is 54.6 Å². The van der Waals surface area contributed by atoms with Crippen LogP contribution in [0.1, 0.15) is 4.40 Å². The fraction of sp³-hybridized carbons (Fsp3) is 0. The number of hydrogen-bond acceptors (Lipinski definition) is 6. The molecule has 1 radical (unpaired) electrons. The van der Waals surface area contributed by atoms with Crippen LogP contribution in [0.2, 0.25) is 0 Å². The van der Waals surface area contributed by atoms with E-state index in [0.29, 0.717) is 17.5 Å². The van der Waals surface area contributed by atoms with Crippen molar-refractivity contribution in [1.29, 1.82) is 1.28 Å². The number of imidazole rings is 3. The largest absolute Gasteiger partial charge is 0.292 e. The SMILES string of the molecule is [3HH].[3H]P.[3H][3H].[BiH2].c1ccc(-c2cccc(-c3nc(-c4cccc(-c5ccccc5)c4)nc(-c4cccc(-c5ccccc5)c4)n3)c2)cc1.c1ccc(-n2c(-c3cc(-c4nc5ccccc5n4-c4ccccc4)cc(-c4nc5ccccc5n4-c4ccccc4)c3)nc3ccccc32)cc1. The monoisotopic (exact) mass is 1450 g/mol. The van der Waals surface area contributed by atoms with E-state index in [0.717, 1.165) is 134 Å². The molecule has 457 valence electrons. The van der Waals surface area contributed by atoms with E-state index >= 15 is 0 Å². The Labute approximate surface area is 579 Å². The molecule has 4 heterocycles. The predicted molar refractivity (Wildman–Crippen MR) is 403 cm³/mol. The van der Waals surface area contributed by atoms with E-state index in [9.17, 15) is 0 Å². The predicted octanol–water partition coefficient (Wildman–Crippen LogP) is 20.2. The maximum atomic E-state index is 5.67. The normalized spacial score (nSPS) is 11.1. The Bertz CT molecular complexity index is 4960. The molecule has 0 spiro atoms. The Hall–Kier alpha value is -11.4. The Balaban J connectivity index is 0.000000179. The van der Waals surface area contributed by atoms with Crippen molar-refractivity contribution in [3.63, 3.8) is 0 Å². The summed E-state index contributed by atoms with van der Waals surface area (Å²) >= 11 is 0. The molecule has 0 amide bonds. The summed E-state index contributed by atoms with van der Waals surface area (Å²) in [7, 11) is 1.67. The molecule has 0 saturated carbocycles. The zero-order valence-electron chi connectivity index (χ0n) is 54.6. The first kappa shape index (κ1) is 58.7. The van der Waals surface area contributed by atoms with Crippen LogP contribution >= 0.6 is 9.84 Å². The first-order chi connectivity index (χ1) is 48.1. The summed E-state index contributed by atoms with van der Waals surface area (Å²) in [5.74, 6) is 4.45. The average molecular weight is 1450 g/mol. The summed E-state index contributed by atoms with van der Waals surface area (Å²) in [5.41, 5.74) is 21.6.